The maximum atomic E-state index is 13.4. The minimum Gasteiger partial charge on any atom is -0.465 e. The van der Waals surface area contributed by atoms with Crippen LogP contribution in [0.4, 0.5) is 10.6 Å². The number of fused-ring (bicyclic) bond motifs is 1. The molecule has 4 aromatic rings. The molecule has 2 unspecified atom stereocenters. The Kier molecular flexibility index (Phi) is 15.0. The highest BCUT2D eigenvalue weighted by atomic mass is 28.3. The zero-order valence-corrected chi connectivity index (χ0v) is 38.3. The van der Waals surface area contributed by atoms with E-state index in [1.807, 2.05) is 79.0 Å². The first-order chi connectivity index (χ1) is 26.9. The zero-order valence-electron chi connectivity index (χ0n) is 36.3. The number of methoxy groups -OCH3 is 1. The van der Waals surface area contributed by atoms with Crippen molar-refractivity contribution in [3.05, 3.63) is 60.6 Å². The third-order valence-corrected chi connectivity index (χ3v) is 13.4. The maximum Gasteiger partial charge on any atom is 0.410 e. The summed E-state index contributed by atoms with van der Waals surface area (Å²) in [4.78, 5) is 27.6. The van der Waals surface area contributed by atoms with E-state index >= 15 is 0 Å². The summed E-state index contributed by atoms with van der Waals surface area (Å²) >= 11 is 0. The second-order valence-corrected chi connectivity index (χ2v) is 29.9. The average molecular weight is 819 g/mol. The van der Waals surface area contributed by atoms with Crippen LogP contribution in [0.2, 0.25) is 51.4 Å². The third-order valence-electron chi connectivity index (χ3n) is 9.98. The van der Waals surface area contributed by atoms with Crippen molar-refractivity contribution in [3.8, 4) is 28.1 Å². The number of hydrogen-bond acceptors (Lipinski definition) is 10. The second-order valence-electron chi connectivity index (χ2n) is 18.6. The largest absolute Gasteiger partial charge is 0.465 e. The fourth-order valence-electron chi connectivity index (χ4n) is 6.78. The van der Waals surface area contributed by atoms with Crippen molar-refractivity contribution in [3.63, 3.8) is 0 Å². The van der Waals surface area contributed by atoms with Gasteiger partial charge in [0.15, 0.2) is 12.4 Å². The Bertz CT molecular complexity index is 1880. The van der Waals surface area contributed by atoms with Crippen molar-refractivity contribution in [2.45, 2.75) is 122 Å². The Balaban J connectivity index is 1.55. The van der Waals surface area contributed by atoms with Crippen molar-refractivity contribution < 1.29 is 28.5 Å². The van der Waals surface area contributed by atoms with Crippen molar-refractivity contribution in [2.24, 2.45) is 0 Å². The highest BCUT2D eigenvalue weighted by molar-refractivity contribution is 6.76. The highest BCUT2D eigenvalue weighted by Gasteiger charge is 2.37. The number of pyridine rings is 1. The van der Waals surface area contributed by atoms with Crippen LogP contribution < -0.4 is 9.64 Å². The van der Waals surface area contributed by atoms with Gasteiger partial charge >= 0.3 is 6.09 Å². The molecule has 5 rings (SSSR count). The standard InChI is InChI=1S/C43H66N6O6Si2/c1-32-17-19-36(48(32)42(50)55-43(2,3)4)20-18-35-26-39(47(29-52-21-23-56(6,7)8)30-53-22-24-57(9,10)11)49-41(46-35)37(28-45-49)34-25-38(54-31-51-5)40(44-27-34)33-15-13-12-14-16-33/h12-16,25-28,32,36H,17-24,29-31H2,1-11H3. The molecule has 1 aliphatic rings. The first-order valence-electron chi connectivity index (χ1n) is 20.4. The third kappa shape index (κ3) is 12.8. The number of aryl methyl sites for hydroxylation is 1. The smallest absolute Gasteiger partial charge is 0.410 e. The summed E-state index contributed by atoms with van der Waals surface area (Å²) in [5, 5.41) is 4.93. The minimum absolute atomic E-state index is 0.0434. The lowest BCUT2D eigenvalue weighted by atomic mass is 10.1. The molecular formula is C43H66N6O6Si2. The summed E-state index contributed by atoms with van der Waals surface area (Å²) in [5.74, 6) is 1.43. The number of rotatable bonds is 19. The van der Waals surface area contributed by atoms with Gasteiger partial charge in [-0.15, -0.1) is 0 Å². The summed E-state index contributed by atoms with van der Waals surface area (Å²) in [7, 11) is -1.000. The Labute approximate surface area is 342 Å². The lowest BCUT2D eigenvalue weighted by molar-refractivity contribution is 0.0153. The number of benzene rings is 1. The summed E-state index contributed by atoms with van der Waals surface area (Å²) in [5.41, 5.74) is 4.31. The molecule has 0 N–H and O–H groups in total. The van der Waals surface area contributed by atoms with E-state index in [9.17, 15) is 4.79 Å². The Hall–Kier alpha value is -3.83. The number of anilines is 1. The molecule has 1 amide bonds. The zero-order chi connectivity index (χ0) is 41.4. The van der Waals surface area contributed by atoms with Gasteiger partial charge in [0, 0.05) is 83.2 Å². The van der Waals surface area contributed by atoms with Gasteiger partial charge in [-0.2, -0.15) is 9.61 Å². The summed E-state index contributed by atoms with van der Waals surface area (Å²) < 4.78 is 31.9. The van der Waals surface area contributed by atoms with Gasteiger partial charge in [0.05, 0.1) is 6.20 Å². The second kappa shape index (κ2) is 19.3. The van der Waals surface area contributed by atoms with Crippen LogP contribution in [0, 0.1) is 0 Å². The molecule has 57 heavy (non-hydrogen) atoms. The van der Waals surface area contributed by atoms with E-state index < -0.39 is 21.7 Å². The predicted molar refractivity (Wildman–Crippen MR) is 233 cm³/mol. The van der Waals surface area contributed by atoms with Gasteiger partial charge in [0.2, 0.25) is 0 Å². The van der Waals surface area contributed by atoms with Crippen LogP contribution in [0.15, 0.2) is 54.9 Å². The van der Waals surface area contributed by atoms with Crippen molar-refractivity contribution in [1.82, 2.24) is 24.5 Å². The van der Waals surface area contributed by atoms with Gasteiger partial charge in [-0.05, 0) is 71.5 Å². The van der Waals surface area contributed by atoms with Gasteiger partial charge in [0.1, 0.15) is 36.3 Å². The molecule has 12 nitrogen and oxygen atoms in total. The number of amides is 1. The number of carbonyl (C=O) groups is 1. The Morgan fingerprint density at radius 1 is 0.912 bits per heavy atom. The number of aromatic nitrogens is 4. The lowest BCUT2D eigenvalue weighted by Gasteiger charge is -2.31. The van der Waals surface area contributed by atoms with Crippen molar-refractivity contribution in [1.29, 1.82) is 0 Å². The van der Waals surface area contributed by atoms with Gasteiger partial charge < -0.3 is 33.5 Å². The number of ether oxygens (including phenoxy) is 5. The SMILES string of the molecule is COCOc1cc(-c2cnn3c(N(COCC[Si](C)(C)C)COCC[Si](C)(C)C)cc(CCC4CCC(C)N4C(=O)OC(C)(C)C)nc23)cnc1-c1ccccc1. The molecule has 14 heteroatoms. The molecule has 0 aliphatic carbocycles. The number of carbonyl (C=O) groups excluding carboxylic acids is 1. The molecule has 4 heterocycles. The number of likely N-dealkylation sites (tertiary alicyclic amines) is 1. The maximum absolute atomic E-state index is 13.4. The first-order valence-corrected chi connectivity index (χ1v) is 27.8. The van der Waals surface area contributed by atoms with Crippen LogP contribution in [0.5, 0.6) is 5.75 Å². The number of nitrogens with zero attached hydrogens (tertiary/aromatic N) is 6. The highest BCUT2D eigenvalue weighted by Crippen LogP contribution is 2.35. The Morgan fingerprint density at radius 2 is 1.58 bits per heavy atom. The van der Waals surface area contributed by atoms with Gasteiger partial charge in [-0.25, -0.2) is 9.78 Å². The normalized spacial score (nSPS) is 16.4. The average Bonchev–Trinajstić information content (AvgIpc) is 3.74. The predicted octanol–water partition coefficient (Wildman–Crippen LogP) is 9.59. The number of hydrogen-bond donors (Lipinski definition) is 0. The van der Waals surface area contributed by atoms with E-state index in [4.69, 9.17) is 38.8 Å². The summed E-state index contributed by atoms with van der Waals surface area (Å²) in [6, 6.07) is 16.3. The molecule has 0 saturated carbocycles. The van der Waals surface area contributed by atoms with Crippen LogP contribution in [0.3, 0.4) is 0 Å². The van der Waals surface area contributed by atoms with Crippen molar-refractivity contribution in [2.75, 3.05) is 45.5 Å². The molecular weight excluding hydrogens is 753 g/mol. The summed E-state index contributed by atoms with van der Waals surface area (Å²) in [6.07, 6.45) is 6.69. The summed E-state index contributed by atoms with van der Waals surface area (Å²) in [6.45, 7) is 24.1. The molecule has 0 radical (unpaired) electrons. The van der Waals surface area contributed by atoms with Crippen LogP contribution in [0.1, 0.15) is 52.7 Å². The molecule has 3 aromatic heterocycles. The topological polar surface area (TPSA) is 113 Å². The molecule has 0 bridgehead atoms. The van der Waals surface area contributed by atoms with Gasteiger partial charge in [0.25, 0.3) is 0 Å². The van der Waals surface area contributed by atoms with Gasteiger partial charge in [-0.1, -0.05) is 69.6 Å². The van der Waals surface area contributed by atoms with E-state index in [0.717, 1.165) is 65.2 Å². The van der Waals surface area contributed by atoms with Crippen LogP contribution in [-0.2, 0) is 25.4 Å². The minimum atomic E-state index is -1.30. The van der Waals surface area contributed by atoms with E-state index in [1.165, 1.54) is 0 Å². The lowest BCUT2D eigenvalue weighted by Crippen LogP contribution is -2.43. The van der Waals surface area contributed by atoms with E-state index in [-0.39, 0.29) is 25.0 Å². The van der Waals surface area contributed by atoms with E-state index in [2.05, 4.69) is 57.2 Å². The molecule has 1 aromatic carbocycles. The fourth-order valence-corrected chi connectivity index (χ4v) is 8.29. The van der Waals surface area contributed by atoms with Crippen LogP contribution >= 0.6 is 0 Å². The monoisotopic (exact) mass is 818 g/mol. The van der Waals surface area contributed by atoms with Crippen LogP contribution in [0.25, 0.3) is 28.0 Å². The van der Waals surface area contributed by atoms with E-state index in [0.29, 0.717) is 44.5 Å². The molecule has 1 aliphatic heterocycles. The van der Waals surface area contributed by atoms with Gasteiger partial charge in [-0.3, -0.25) is 4.98 Å². The molecule has 2 atom stereocenters. The molecule has 1 saturated heterocycles. The Morgan fingerprint density at radius 3 is 2.19 bits per heavy atom. The quantitative estimate of drug-likeness (QED) is 0.0515. The molecule has 1 fully saturated rings. The van der Waals surface area contributed by atoms with E-state index in [1.54, 1.807) is 7.11 Å². The first kappa shape index (κ1) is 44.3. The van der Waals surface area contributed by atoms with Crippen LogP contribution in [-0.4, -0.2) is 105 Å². The molecule has 0 spiro atoms. The fraction of sp³-hybridized carbons (Fsp3) is 0.581. The molecule has 312 valence electrons. The van der Waals surface area contributed by atoms with Crippen molar-refractivity contribution >= 4 is 33.7 Å².